The fourth-order valence-corrected chi connectivity index (χ4v) is 1.09. The van der Waals surface area contributed by atoms with Crippen molar-refractivity contribution >= 4 is 16.0 Å². The molecule has 1 radical (unpaired) electrons. The summed E-state index contributed by atoms with van der Waals surface area (Å²) in [6, 6.07) is 8.55. The Bertz CT molecular complexity index is 176. The van der Waals surface area contributed by atoms with E-state index < -0.39 is 0 Å². The van der Waals surface area contributed by atoms with E-state index in [1.165, 1.54) is 11.1 Å². The van der Waals surface area contributed by atoms with Crippen molar-refractivity contribution in [1.82, 2.24) is 0 Å². The average Bonchev–Trinajstić information content (AvgIpc) is 1.90. The normalized spacial score (nSPS) is 9.56. The molecule has 0 atom stereocenters. The number of rotatable bonds is 1. The Labute approximate surface area is 64.1 Å². The molecule has 0 spiro atoms. The van der Waals surface area contributed by atoms with Crippen molar-refractivity contribution < 1.29 is 0 Å². The predicted molar refractivity (Wildman–Crippen MR) is 40.6 cm³/mol. The van der Waals surface area contributed by atoms with Gasteiger partial charge < -0.3 is 0 Å². The Morgan fingerprint density at radius 3 is 2.22 bits per heavy atom. The molecule has 0 bridgehead atoms. The molecule has 1 aromatic rings. The molecule has 0 aliphatic heterocycles. The molecule has 0 saturated heterocycles. The van der Waals surface area contributed by atoms with E-state index in [9.17, 15) is 0 Å². The van der Waals surface area contributed by atoms with Gasteiger partial charge in [-0.2, -0.15) is 0 Å². The summed E-state index contributed by atoms with van der Waals surface area (Å²) in [6.07, 6.45) is 0. The van der Waals surface area contributed by atoms with E-state index in [4.69, 9.17) is 0 Å². The minimum absolute atomic E-state index is 1.01. The molecular formula is C8H9Se. The van der Waals surface area contributed by atoms with Gasteiger partial charge in [-0.3, -0.25) is 0 Å². The Hall–Kier alpha value is -0.261. The van der Waals surface area contributed by atoms with E-state index in [2.05, 4.69) is 47.2 Å². The zero-order chi connectivity index (χ0) is 6.69. The molecule has 0 N–H and O–H groups in total. The zero-order valence-corrected chi connectivity index (χ0v) is 7.14. The van der Waals surface area contributed by atoms with Crippen LogP contribution in [-0.2, 0) is 5.32 Å². The molecule has 0 aromatic heterocycles. The van der Waals surface area contributed by atoms with Crippen LogP contribution in [0.2, 0.25) is 0 Å². The number of aryl methyl sites for hydroxylation is 1. The molecule has 0 fully saturated rings. The number of hydrogen-bond donors (Lipinski definition) is 0. The molecular weight excluding hydrogens is 175 g/mol. The molecule has 1 rings (SSSR count). The van der Waals surface area contributed by atoms with E-state index in [-0.39, 0.29) is 0 Å². The maximum atomic E-state index is 2.98. The summed E-state index contributed by atoms with van der Waals surface area (Å²) >= 11 is 2.98. The van der Waals surface area contributed by atoms with Gasteiger partial charge in [0.05, 0.1) is 0 Å². The van der Waals surface area contributed by atoms with Gasteiger partial charge in [0, 0.05) is 0 Å². The molecule has 0 nitrogen and oxygen atoms in total. The van der Waals surface area contributed by atoms with Crippen molar-refractivity contribution in [2.45, 2.75) is 12.2 Å². The van der Waals surface area contributed by atoms with E-state index in [0.717, 1.165) is 5.32 Å². The van der Waals surface area contributed by atoms with Gasteiger partial charge in [-0.25, -0.2) is 0 Å². The molecule has 0 heterocycles. The summed E-state index contributed by atoms with van der Waals surface area (Å²) < 4.78 is 0. The van der Waals surface area contributed by atoms with Crippen LogP contribution in [0.3, 0.4) is 0 Å². The second-order valence-corrected chi connectivity index (χ2v) is 2.74. The van der Waals surface area contributed by atoms with Crippen LogP contribution in [0.1, 0.15) is 11.1 Å². The summed E-state index contributed by atoms with van der Waals surface area (Å²) in [6.45, 7) is 2.10. The molecule has 1 heteroatoms. The predicted octanol–water partition coefficient (Wildman–Crippen LogP) is 1.66. The van der Waals surface area contributed by atoms with Crippen molar-refractivity contribution in [3.05, 3.63) is 35.4 Å². The first kappa shape index (κ1) is 6.85. The average molecular weight is 184 g/mol. The van der Waals surface area contributed by atoms with Crippen molar-refractivity contribution in [1.29, 1.82) is 0 Å². The maximum absolute atomic E-state index is 2.98. The SMILES string of the molecule is Cc1ccc(C[Se])cc1. The standard InChI is InChI=1S/C8H9Se/c1-7-2-4-8(6-9)5-3-7/h2-5H,6H2,1H3. The van der Waals surface area contributed by atoms with E-state index >= 15 is 0 Å². The molecule has 0 aliphatic carbocycles. The molecule has 0 aliphatic rings. The van der Waals surface area contributed by atoms with Crippen molar-refractivity contribution in [2.24, 2.45) is 0 Å². The minimum atomic E-state index is 1.01. The molecule has 0 amide bonds. The third kappa shape index (κ3) is 1.85. The van der Waals surface area contributed by atoms with Crippen molar-refractivity contribution in [2.75, 3.05) is 0 Å². The third-order valence-electron chi connectivity index (χ3n) is 1.29. The van der Waals surface area contributed by atoms with Crippen LogP contribution >= 0.6 is 0 Å². The Morgan fingerprint density at radius 2 is 1.78 bits per heavy atom. The van der Waals surface area contributed by atoms with Gasteiger partial charge in [-0.15, -0.1) is 0 Å². The third-order valence-corrected chi connectivity index (χ3v) is 1.99. The van der Waals surface area contributed by atoms with Gasteiger partial charge in [0.25, 0.3) is 0 Å². The Balaban J connectivity index is 2.88. The Morgan fingerprint density at radius 1 is 1.22 bits per heavy atom. The summed E-state index contributed by atoms with van der Waals surface area (Å²) in [5.74, 6) is 0. The summed E-state index contributed by atoms with van der Waals surface area (Å²) in [7, 11) is 0. The number of hydrogen-bond acceptors (Lipinski definition) is 0. The van der Waals surface area contributed by atoms with Gasteiger partial charge >= 0.3 is 63.6 Å². The molecule has 1 aromatic carbocycles. The van der Waals surface area contributed by atoms with Crippen LogP contribution in [0, 0.1) is 6.92 Å². The van der Waals surface area contributed by atoms with Crippen LogP contribution in [-0.4, -0.2) is 16.0 Å². The van der Waals surface area contributed by atoms with Gasteiger partial charge in [-0.1, -0.05) is 0 Å². The van der Waals surface area contributed by atoms with Gasteiger partial charge in [0.15, 0.2) is 0 Å². The second-order valence-electron chi connectivity index (χ2n) is 2.13. The molecule has 0 saturated carbocycles. The van der Waals surface area contributed by atoms with Gasteiger partial charge in [-0.05, 0) is 0 Å². The van der Waals surface area contributed by atoms with E-state index in [1.54, 1.807) is 0 Å². The Kier molecular flexibility index (Phi) is 2.32. The first-order valence-corrected chi connectivity index (χ1v) is 4.17. The van der Waals surface area contributed by atoms with Crippen LogP contribution in [0.4, 0.5) is 0 Å². The summed E-state index contributed by atoms with van der Waals surface area (Å²) in [5, 5.41) is 1.01. The monoisotopic (exact) mass is 185 g/mol. The molecule has 9 heavy (non-hydrogen) atoms. The second kappa shape index (κ2) is 3.05. The molecule has 0 unspecified atom stereocenters. The van der Waals surface area contributed by atoms with Crippen LogP contribution in [0.5, 0.6) is 0 Å². The fourth-order valence-electron chi connectivity index (χ4n) is 0.684. The molecule has 47 valence electrons. The van der Waals surface area contributed by atoms with Crippen LogP contribution in [0.25, 0.3) is 0 Å². The first-order valence-electron chi connectivity index (χ1n) is 2.96. The van der Waals surface area contributed by atoms with Crippen LogP contribution in [0.15, 0.2) is 24.3 Å². The van der Waals surface area contributed by atoms with Gasteiger partial charge in [0.1, 0.15) is 0 Å². The van der Waals surface area contributed by atoms with Gasteiger partial charge in [0.2, 0.25) is 0 Å². The summed E-state index contributed by atoms with van der Waals surface area (Å²) in [5.41, 5.74) is 2.69. The number of benzene rings is 1. The van der Waals surface area contributed by atoms with Crippen molar-refractivity contribution in [3.8, 4) is 0 Å². The van der Waals surface area contributed by atoms with Crippen molar-refractivity contribution in [3.63, 3.8) is 0 Å². The van der Waals surface area contributed by atoms with E-state index in [1.807, 2.05) is 0 Å². The summed E-state index contributed by atoms with van der Waals surface area (Å²) in [4.78, 5) is 0. The fraction of sp³-hybridized carbons (Fsp3) is 0.250. The van der Waals surface area contributed by atoms with E-state index in [0.29, 0.717) is 0 Å². The topological polar surface area (TPSA) is 0 Å². The first-order chi connectivity index (χ1) is 4.33. The van der Waals surface area contributed by atoms with Crippen LogP contribution < -0.4 is 0 Å². The quantitative estimate of drug-likeness (QED) is 0.582. The zero-order valence-electron chi connectivity index (χ0n) is 5.42.